The third kappa shape index (κ3) is 3.04. The van der Waals surface area contributed by atoms with Gasteiger partial charge in [0.05, 0.1) is 11.0 Å². The maximum absolute atomic E-state index is 11.8. The molecular weight excluding hydrogens is 290 g/mol. The fourth-order valence-electron chi connectivity index (χ4n) is 3.16. The Morgan fingerprint density at radius 3 is 2.68 bits per heavy atom. The van der Waals surface area contributed by atoms with Crippen LogP contribution in [0.4, 0.5) is 10.5 Å². The largest absolute Gasteiger partial charge is 0.514 e. The highest BCUT2D eigenvalue weighted by Gasteiger charge is 2.44. The molecule has 1 saturated carbocycles. The second-order valence-corrected chi connectivity index (χ2v) is 5.83. The van der Waals surface area contributed by atoms with Gasteiger partial charge in [-0.1, -0.05) is 6.92 Å². The zero-order chi connectivity index (χ0) is 15.7. The van der Waals surface area contributed by atoms with Crippen LogP contribution in [0.25, 0.3) is 0 Å². The fraction of sp³-hybridized carbons (Fsp3) is 0.533. The lowest BCUT2D eigenvalue weighted by Crippen LogP contribution is -2.20. The van der Waals surface area contributed by atoms with Gasteiger partial charge in [0, 0.05) is 25.2 Å². The van der Waals surface area contributed by atoms with E-state index in [1.54, 1.807) is 0 Å². The molecule has 0 radical (unpaired) electrons. The average Bonchev–Trinajstić information content (AvgIpc) is 3.01. The lowest BCUT2D eigenvalue weighted by molar-refractivity contribution is -0.384. The Labute approximate surface area is 127 Å². The molecule has 0 unspecified atom stereocenters. The van der Waals surface area contributed by atoms with Gasteiger partial charge in [-0.25, -0.2) is 4.79 Å². The Hall–Kier alpha value is -2.15. The normalized spacial score (nSPS) is 29.9. The standard InChI is InChI=1S/C15H17NO6/c1-9-8-20-14-7-12(6-13(9)14)22-15(17)21-11-4-2-10(3-5-11)16(18)19/h2-5,9,12-14H,6-8H2,1H3/t9-,12-,13-,14-/m1/s1. The van der Waals surface area contributed by atoms with Gasteiger partial charge in [0.1, 0.15) is 11.9 Å². The summed E-state index contributed by atoms with van der Waals surface area (Å²) in [7, 11) is 0. The molecule has 0 bridgehead atoms. The zero-order valence-corrected chi connectivity index (χ0v) is 12.1. The van der Waals surface area contributed by atoms with E-state index in [1.807, 2.05) is 0 Å². The summed E-state index contributed by atoms with van der Waals surface area (Å²) in [6, 6.07) is 5.29. The summed E-state index contributed by atoms with van der Waals surface area (Å²) in [6.07, 6.45) is 0.688. The third-order valence-electron chi connectivity index (χ3n) is 4.32. The summed E-state index contributed by atoms with van der Waals surface area (Å²) in [4.78, 5) is 21.8. The van der Waals surface area contributed by atoms with E-state index in [0.29, 0.717) is 18.3 Å². The van der Waals surface area contributed by atoms with Gasteiger partial charge in [-0.05, 0) is 30.4 Å². The second-order valence-electron chi connectivity index (χ2n) is 5.83. The van der Waals surface area contributed by atoms with Crippen molar-refractivity contribution in [1.29, 1.82) is 0 Å². The van der Waals surface area contributed by atoms with E-state index in [1.165, 1.54) is 24.3 Å². The molecule has 4 atom stereocenters. The number of nitro benzene ring substituents is 1. The van der Waals surface area contributed by atoms with Gasteiger partial charge in [0.25, 0.3) is 5.69 Å². The second kappa shape index (κ2) is 5.92. The number of non-ortho nitro benzene ring substituents is 1. The highest BCUT2D eigenvalue weighted by atomic mass is 16.7. The molecule has 1 aliphatic carbocycles. The fourth-order valence-corrected chi connectivity index (χ4v) is 3.16. The molecule has 1 saturated heterocycles. The molecule has 1 heterocycles. The molecule has 1 aromatic rings. The SMILES string of the molecule is C[C@@H]1CO[C@@H]2C[C@H](OC(=O)Oc3ccc([N+](=O)[O-])cc3)C[C@H]12. The van der Waals surface area contributed by atoms with Crippen molar-refractivity contribution in [2.75, 3.05) is 6.61 Å². The van der Waals surface area contributed by atoms with Crippen LogP contribution in [0.5, 0.6) is 5.75 Å². The number of nitrogens with zero attached hydrogens (tertiary/aromatic N) is 1. The zero-order valence-electron chi connectivity index (χ0n) is 12.1. The van der Waals surface area contributed by atoms with E-state index in [2.05, 4.69) is 6.92 Å². The summed E-state index contributed by atoms with van der Waals surface area (Å²) >= 11 is 0. The molecule has 118 valence electrons. The van der Waals surface area contributed by atoms with Crippen LogP contribution in [-0.4, -0.2) is 29.9 Å². The van der Waals surface area contributed by atoms with Crippen LogP contribution in [0, 0.1) is 22.0 Å². The van der Waals surface area contributed by atoms with Crippen molar-refractivity contribution in [1.82, 2.24) is 0 Å². The Balaban J connectivity index is 1.51. The number of carbonyl (C=O) groups excluding carboxylic acids is 1. The maximum atomic E-state index is 11.8. The Morgan fingerprint density at radius 2 is 2.05 bits per heavy atom. The first kappa shape index (κ1) is 14.8. The first-order valence-corrected chi connectivity index (χ1v) is 7.27. The molecule has 3 rings (SSSR count). The molecular formula is C15H17NO6. The molecule has 2 aliphatic rings. The van der Waals surface area contributed by atoms with Gasteiger partial charge >= 0.3 is 6.16 Å². The number of ether oxygens (including phenoxy) is 3. The smallest absolute Gasteiger partial charge is 0.431 e. The van der Waals surface area contributed by atoms with E-state index >= 15 is 0 Å². The molecule has 1 aliphatic heterocycles. The van der Waals surface area contributed by atoms with Gasteiger partial charge < -0.3 is 14.2 Å². The Bertz CT molecular complexity index is 572. The van der Waals surface area contributed by atoms with Crippen LogP contribution in [0.2, 0.25) is 0 Å². The number of hydrogen-bond acceptors (Lipinski definition) is 6. The van der Waals surface area contributed by atoms with Crippen LogP contribution in [0.1, 0.15) is 19.8 Å². The maximum Gasteiger partial charge on any atom is 0.514 e. The van der Waals surface area contributed by atoms with Gasteiger partial charge in [0.2, 0.25) is 0 Å². The van der Waals surface area contributed by atoms with Crippen LogP contribution < -0.4 is 4.74 Å². The topological polar surface area (TPSA) is 87.9 Å². The van der Waals surface area contributed by atoms with Crippen molar-refractivity contribution in [2.24, 2.45) is 11.8 Å². The average molecular weight is 307 g/mol. The minimum atomic E-state index is -0.786. The van der Waals surface area contributed by atoms with E-state index < -0.39 is 11.1 Å². The Kier molecular flexibility index (Phi) is 3.98. The minimum absolute atomic E-state index is 0.0597. The van der Waals surface area contributed by atoms with Crippen molar-refractivity contribution < 1.29 is 23.9 Å². The molecule has 7 nitrogen and oxygen atoms in total. The van der Waals surface area contributed by atoms with E-state index in [-0.39, 0.29) is 23.6 Å². The van der Waals surface area contributed by atoms with Crippen molar-refractivity contribution in [2.45, 2.75) is 32.0 Å². The molecule has 0 spiro atoms. The lowest BCUT2D eigenvalue weighted by Gasteiger charge is -2.14. The summed E-state index contributed by atoms with van der Waals surface area (Å²) in [5, 5.41) is 10.5. The summed E-state index contributed by atoms with van der Waals surface area (Å²) in [5.41, 5.74) is -0.0597. The first-order chi connectivity index (χ1) is 10.5. The molecule has 1 aromatic carbocycles. The van der Waals surface area contributed by atoms with Crippen LogP contribution >= 0.6 is 0 Å². The van der Waals surface area contributed by atoms with Gasteiger partial charge in [0.15, 0.2) is 0 Å². The third-order valence-corrected chi connectivity index (χ3v) is 4.32. The highest BCUT2D eigenvalue weighted by molar-refractivity contribution is 5.64. The molecule has 0 amide bonds. The summed E-state index contributed by atoms with van der Waals surface area (Å²) in [6.45, 7) is 2.91. The lowest BCUT2D eigenvalue weighted by atomic mass is 9.94. The van der Waals surface area contributed by atoms with E-state index in [9.17, 15) is 14.9 Å². The van der Waals surface area contributed by atoms with E-state index in [0.717, 1.165) is 13.0 Å². The van der Waals surface area contributed by atoms with Crippen LogP contribution in [0.15, 0.2) is 24.3 Å². The minimum Gasteiger partial charge on any atom is -0.431 e. The highest BCUT2D eigenvalue weighted by Crippen LogP contribution is 2.40. The summed E-state index contributed by atoms with van der Waals surface area (Å²) < 4.78 is 16.0. The number of carbonyl (C=O) groups is 1. The number of fused-ring (bicyclic) bond motifs is 1. The molecule has 2 fully saturated rings. The van der Waals surface area contributed by atoms with Crippen molar-refractivity contribution in [3.8, 4) is 5.75 Å². The predicted molar refractivity (Wildman–Crippen MR) is 75.6 cm³/mol. The van der Waals surface area contributed by atoms with Gasteiger partial charge in [-0.2, -0.15) is 0 Å². The van der Waals surface area contributed by atoms with Crippen molar-refractivity contribution >= 4 is 11.8 Å². The summed E-state index contributed by atoms with van der Waals surface area (Å²) in [5.74, 6) is 1.15. The van der Waals surface area contributed by atoms with Crippen LogP contribution in [-0.2, 0) is 9.47 Å². The predicted octanol–water partition coefficient (Wildman–Crippen LogP) is 2.92. The number of benzene rings is 1. The molecule has 22 heavy (non-hydrogen) atoms. The number of rotatable bonds is 3. The number of hydrogen-bond donors (Lipinski definition) is 0. The molecule has 0 N–H and O–H groups in total. The quantitative estimate of drug-likeness (QED) is 0.369. The first-order valence-electron chi connectivity index (χ1n) is 7.27. The molecule has 7 heteroatoms. The van der Waals surface area contributed by atoms with Gasteiger partial charge in [-0.15, -0.1) is 0 Å². The monoisotopic (exact) mass is 307 g/mol. The Morgan fingerprint density at radius 1 is 1.32 bits per heavy atom. The van der Waals surface area contributed by atoms with E-state index in [4.69, 9.17) is 14.2 Å². The van der Waals surface area contributed by atoms with Crippen molar-refractivity contribution in [3.05, 3.63) is 34.4 Å². The molecule has 0 aromatic heterocycles. The van der Waals surface area contributed by atoms with Crippen LogP contribution in [0.3, 0.4) is 0 Å². The van der Waals surface area contributed by atoms with Gasteiger partial charge in [-0.3, -0.25) is 10.1 Å². The number of nitro groups is 1. The van der Waals surface area contributed by atoms with Crippen molar-refractivity contribution in [3.63, 3.8) is 0 Å².